The van der Waals surface area contributed by atoms with Crippen LogP contribution < -0.4 is 10.5 Å². The van der Waals surface area contributed by atoms with Gasteiger partial charge in [-0.15, -0.1) is 0 Å². The van der Waals surface area contributed by atoms with Gasteiger partial charge in [0.2, 0.25) is 5.95 Å². The lowest BCUT2D eigenvalue weighted by molar-refractivity contribution is 0.245. The van der Waals surface area contributed by atoms with Crippen LogP contribution in [0.15, 0.2) is 18.2 Å². The first-order chi connectivity index (χ1) is 9.63. The summed E-state index contributed by atoms with van der Waals surface area (Å²) in [5, 5.41) is 0. The summed E-state index contributed by atoms with van der Waals surface area (Å²) in [4.78, 5) is 4.48. The number of nitrogen functional groups attached to an aromatic ring is 1. The van der Waals surface area contributed by atoms with Crippen LogP contribution in [-0.2, 0) is 6.54 Å². The summed E-state index contributed by atoms with van der Waals surface area (Å²) >= 11 is 1.88. The third-order valence-electron chi connectivity index (χ3n) is 3.11. The minimum atomic E-state index is 0.133. The number of para-hydroxylation sites is 1. The van der Waals surface area contributed by atoms with Gasteiger partial charge in [-0.1, -0.05) is 6.07 Å². The Kier molecular flexibility index (Phi) is 5.17. The number of imidazole rings is 1. The van der Waals surface area contributed by atoms with Crippen molar-refractivity contribution in [2.45, 2.75) is 39.3 Å². The fraction of sp³-hybridized carbons (Fsp3) is 0.533. The number of unbranched alkanes of at least 4 members (excludes halogenated alkanes) is 1. The summed E-state index contributed by atoms with van der Waals surface area (Å²) in [6, 6.07) is 6.01. The van der Waals surface area contributed by atoms with Crippen LogP contribution in [-0.4, -0.2) is 27.7 Å². The highest BCUT2D eigenvalue weighted by Gasteiger charge is 2.12. The average Bonchev–Trinajstić information content (AvgIpc) is 2.72. The number of nitrogens with zero attached hydrogens (tertiary/aromatic N) is 2. The van der Waals surface area contributed by atoms with Crippen LogP contribution in [0.5, 0.6) is 5.75 Å². The van der Waals surface area contributed by atoms with Gasteiger partial charge in [0.25, 0.3) is 0 Å². The number of hydrogen-bond donors (Lipinski definition) is 1. The van der Waals surface area contributed by atoms with Gasteiger partial charge in [-0.25, -0.2) is 4.98 Å². The van der Waals surface area contributed by atoms with Crippen LogP contribution in [0, 0.1) is 0 Å². The molecule has 0 radical (unpaired) electrons. The van der Waals surface area contributed by atoms with E-state index in [0.29, 0.717) is 5.95 Å². The summed E-state index contributed by atoms with van der Waals surface area (Å²) in [6.07, 6.45) is 4.58. The minimum Gasteiger partial charge on any atom is -0.489 e. The normalized spacial score (nSPS) is 11.4. The fourth-order valence-corrected chi connectivity index (χ4v) is 2.73. The first kappa shape index (κ1) is 15.0. The van der Waals surface area contributed by atoms with Crippen LogP contribution in [0.1, 0.15) is 26.7 Å². The van der Waals surface area contributed by atoms with E-state index in [9.17, 15) is 0 Å². The second-order valence-corrected chi connectivity index (χ2v) is 6.10. The van der Waals surface area contributed by atoms with Gasteiger partial charge in [0.15, 0.2) is 0 Å². The highest BCUT2D eigenvalue weighted by Crippen LogP contribution is 2.28. The molecular weight excluding hydrogens is 270 g/mol. The van der Waals surface area contributed by atoms with Crippen molar-refractivity contribution in [1.82, 2.24) is 9.55 Å². The predicted octanol–water partition coefficient (Wildman–Crippen LogP) is 3.55. The van der Waals surface area contributed by atoms with E-state index in [1.54, 1.807) is 0 Å². The Balaban J connectivity index is 2.24. The zero-order chi connectivity index (χ0) is 14.5. The van der Waals surface area contributed by atoms with Crippen LogP contribution in [0.3, 0.4) is 0 Å². The fourth-order valence-electron chi connectivity index (χ4n) is 2.24. The third-order valence-corrected chi connectivity index (χ3v) is 3.81. The quantitative estimate of drug-likeness (QED) is 0.793. The molecule has 1 aromatic heterocycles. The molecule has 2 rings (SSSR count). The molecule has 1 aromatic carbocycles. The van der Waals surface area contributed by atoms with Gasteiger partial charge in [-0.2, -0.15) is 11.8 Å². The molecule has 0 aliphatic rings. The molecule has 110 valence electrons. The van der Waals surface area contributed by atoms with Gasteiger partial charge in [0.05, 0.1) is 11.6 Å². The van der Waals surface area contributed by atoms with E-state index in [2.05, 4.69) is 21.9 Å². The van der Waals surface area contributed by atoms with Crippen LogP contribution in [0.25, 0.3) is 11.0 Å². The average molecular weight is 293 g/mol. The Labute approximate surface area is 124 Å². The maximum Gasteiger partial charge on any atom is 0.201 e. The van der Waals surface area contributed by atoms with Crippen LogP contribution in [0.2, 0.25) is 0 Å². The van der Waals surface area contributed by atoms with E-state index in [1.165, 1.54) is 12.2 Å². The first-order valence-electron chi connectivity index (χ1n) is 7.03. The molecule has 2 N–H and O–H groups in total. The van der Waals surface area contributed by atoms with Crippen LogP contribution >= 0.6 is 11.8 Å². The Morgan fingerprint density at radius 2 is 2.15 bits per heavy atom. The van der Waals surface area contributed by atoms with E-state index in [4.69, 9.17) is 10.5 Å². The molecule has 0 fully saturated rings. The highest BCUT2D eigenvalue weighted by atomic mass is 32.2. The lowest BCUT2D eigenvalue weighted by Gasteiger charge is -2.10. The lowest BCUT2D eigenvalue weighted by Crippen LogP contribution is -2.06. The number of fused-ring (bicyclic) bond motifs is 1. The summed E-state index contributed by atoms with van der Waals surface area (Å²) in [7, 11) is 0. The minimum absolute atomic E-state index is 0.133. The van der Waals surface area contributed by atoms with Gasteiger partial charge < -0.3 is 15.0 Å². The largest absolute Gasteiger partial charge is 0.489 e. The van der Waals surface area contributed by atoms with E-state index in [0.717, 1.165) is 29.7 Å². The molecule has 4 nitrogen and oxygen atoms in total. The molecule has 0 spiro atoms. The number of anilines is 1. The molecule has 0 aliphatic heterocycles. The van der Waals surface area contributed by atoms with Gasteiger partial charge in [0, 0.05) is 6.54 Å². The van der Waals surface area contributed by atoms with Gasteiger partial charge in [0.1, 0.15) is 11.3 Å². The number of aromatic nitrogens is 2. The maximum absolute atomic E-state index is 6.06. The molecule has 1 heterocycles. The van der Waals surface area contributed by atoms with Gasteiger partial charge in [-0.05, 0) is 50.8 Å². The number of ether oxygens (including phenoxy) is 1. The predicted molar refractivity (Wildman–Crippen MR) is 87.5 cm³/mol. The van der Waals surface area contributed by atoms with Crippen LogP contribution in [0.4, 0.5) is 5.95 Å². The second kappa shape index (κ2) is 6.88. The SMILES string of the molecule is CSCCCCn1c(N)nc2c(OC(C)C)cccc21. The molecular formula is C15H23N3OS. The van der Waals surface area contributed by atoms with Crippen molar-refractivity contribution in [3.05, 3.63) is 18.2 Å². The molecule has 0 unspecified atom stereocenters. The zero-order valence-corrected chi connectivity index (χ0v) is 13.2. The topological polar surface area (TPSA) is 53.1 Å². The van der Waals surface area contributed by atoms with Crippen molar-refractivity contribution in [2.24, 2.45) is 0 Å². The highest BCUT2D eigenvalue weighted by molar-refractivity contribution is 7.98. The van der Waals surface area contributed by atoms with Gasteiger partial charge in [-0.3, -0.25) is 0 Å². The second-order valence-electron chi connectivity index (χ2n) is 5.11. The van der Waals surface area contributed by atoms with Crippen molar-refractivity contribution in [2.75, 3.05) is 17.7 Å². The Morgan fingerprint density at radius 1 is 1.35 bits per heavy atom. The molecule has 0 saturated carbocycles. The summed E-state index contributed by atoms with van der Waals surface area (Å²) in [6.45, 7) is 4.94. The Bertz CT molecular complexity index is 565. The zero-order valence-electron chi connectivity index (χ0n) is 12.4. The third kappa shape index (κ3) is 3.39. The molecule has 5 heteroatoms. The van der Waals surface area contributed by atoms with Crippen molar-refractivity contribution in [1.29, 1.82) is 0 Å². The Morgan fingerprint density at radius 3 is 2.85 bits per heavy atom. The van der Waals surface area contributed by atoms with Gasteiger partial charge >= 0.3 is 0 Å². The monoisotopic (exact) mass is 293 g/mol. The first-order valence-corrected chi connectivity index (χ1v) is 8.43. The molecule has 0 aliphatic carbocycles. The molecule has 0 saturated heterocycles. The van der Waals surface area contributed by atoms with Crippen molar-refractivity contribution in [3.8, 4) is 5.75 Å². The number of rotatable bonds is 7. The standard InChI is InChI=1S/C15H23N3OS/c1-11(2)19-13-8-6-7-12-14(13)17-15(16)18(12)9-4-5-10-20-3/h6-8,11H,4-5,9-10H2,1-3H3,(H2,16,17). The Hall–Kier alpha value is -1.36. The number of thioether (sulfide) groups is 1. The lowest BCUT2D eigenvalue weighted by atomic mass is 10.2. The summed E-state index contributed by atoms with van der Waals surface area (Å²) in [5.74, 6) is 2.57. The van der Waals surface area contributed by atoms with E-state index >= 15 is 0 Å². The number of hydrogen-bond acceptors (Lipinski definition) is 4. The molecule has 0 atom stereocenters. The molecule has 20 heavy (non-hydrogen) atoms. The smallest absolute Gasteiger partial charge is 0.201 e. The van der Waals surface area contributed by atoms with Crippen molar-refractivity contribution < 1.29 is 4.74 Å². The van der Waals surface area contributed by atoms with E-state index < -0.39 is 0 Å². The molecule has 2 aromatic rings. The number of nitrogens with two attached hydrogens (primary N) is 1. The summed E-state index contributed by atoms with van der Waals surface area (Å²) < 4.78 is 7.89. The van der Waals surface area contributed by atoms with E-state index in [-0.39, 0.29) is 6.10 Å². The van der Waals surface area contributed by atoms with Crippen molar-refractivity contribution in [3.63, 3.8) is 0 Å². The molecule has 0 bridgehead atoms. The molecule has 0 amide bonds. The number of benzene rings is 1. The number of aryl methyl sites for hydroxylation is 1. The maximum atomic E-state index is 6.06. The summed E-state index contributed by atoms with van der Waals surface area (Å²) in [5.41, 5.74) is 7.98. The van der Waals surface area contributed by atoms with Crippen molar-refractivity contribution >= 4 is 28.7 Å². The van der Waals surface area contributed by atoms with E-state index in [1.807, 2.05) is 37.7 Å².